The Morgan fingerprint density at radius 1 is 0.853 bits per heavy atom. The molecule has 5 fully saturated rings. The minimum Gasteiger partial charge on any atom is -0.395 e. The largest absolute Gasteiger partial charge is 0.395 e. The van der Waals surface area contributed by atoms with E-state index in [4.69, 9.17) is 4.74 Å². The number of hydrogen-bond acceptors (Lipinski definition) is 4. The number of Topliss-reactive ketones (excluding diaryl/α,β-unsaturated/α-hetero) is 1. The molecule has 10 atom stereocenters. The smallest absolute Gasteiger partial charge is 0.141 e. The Morgan fingerprint density at radius 2 is 1.53 bits per heavy atom. The number of fused-ring (bicyclic) bond motifs is 5. The molecule has 5 aliphatic rings. The highest BCUT2D eigenvalue weighted by Gasteiger charge is 2.70. The molecule has 0 amide bonds. The van der Waals surface area contributed by atoms with Crippen LogP contribution in [0, 0.1) is 45.3 Å². The Hall–Kier alpha value is -0.450. The summed E-state index contributed by atoms with van der Waals surface area (Å²) in [5, 5.41) is 21.0. The van der Waals surface area contributed by atoms with Gasteiger partial charge in [0.2, 0.25) is 0 Å². The van der Waals surface area contributed by atoms with Crippen LogP contribution in [0.2, 0.25) is 0 Å². The van der Waals surface area contributed by atoms with E-state index in [-0.39, 0.29) is 40.3 Å². The number of ether oxygens (including phenoxy) is 1. The minimum atomic E-state index is -0.784. The van der Waals surface area contributed by atoms with Gasteiger partial charge in [-0.15, -0.1) is 0 Å². The number of aliphatic hydroxyl groups excluding tert-OH is 1. The van der Waals surface area contributed by atoms with Gasteiger partial charge in [0.25, 0.3) is 0 Å². The van der Waals surface area contributed by atoms with Crippen molar-refractivity contribution >= 4 is 5.78 Å². The summed E-state index contributed by atoms with van der Waals surface area (Å²) in [6.45, 7) is 15.8. The maximum absolute atomic E-state index is 13.0. The first-order chi connectivity index (χ1) is 15.7. The molecule has 0 aromatic heterocycles. The molecule has 34 heavy (non-hydrogen) atoms. The number of carbonyl (C=O) groups is 1. The van der Waals surface area contributed by atoms with Crippen LogP contribution in [0.5, 0.6) is 0 Å². The highest BCUT2D eigenvalue weighted by Crippen LogP contribution is 2.75. The van der Waals surface area contributed by atoms with Crippen LogP contribution in [0.3, 0.4) is 0 Å². The van der Waals surface area contributed by atoms with E-state index < -0.39 is 11.0 Å². The van der Waals surface area contributed by atoms with Gasteiger partial charge in [-0.3, -0.25) is 4.79 Å². The molecule has 1 heterocycles. The fraction of sp³-hybridized carbons (Fsp3) is 0.967. The highest BCUT2D eigenvalue weighted by atomic mass is 16.5. The van der Waals surface area contributed by atoms with Gasteiger partial charge in [0.1, 0.15) is 5.78 Å². The summed E-state index contributed by atoms with van der Waals surface area (Å²) in [5.41, 5.74) is -0.813. The summed E-state index contributed by atoms with van der Waals surface area (Å²) in [6.07, 6.45) is 10.8. The van der Waals surface area contributed by atoms with Gasteiger partial charge in [0.15, 0.2) is 0 Å². The zero-order valence-electron chi connectivity index (χ0n) is 22.9. The molecule has 0 aromatic carbocycles. The molecule has 1 saturated heterocycles. The van der Waals surface area contributed by atoms with E-state index in [2.05, 4.69) is 34.6 Å². The molecule has 0 radical (unpaired) electrons. The fourth-order valence-electron chi connectivity index (χ4n) is 10.9. The maximum Gasteiger partial charge on any atom is 0.141 e. The lowest BCUT2D eigenvalue weighted by molar-refractivity contribution is -0.215. The van der Waals surface area contributed by atoms with Crippen molar-refractivity contribution in [1.82, 2.24) is 0 Å². The quantitative estimate of drug-likeness (QED) is 0.533. The van der Waals surface area contributed by atoms with E-state index in [0.717, 1.165) is 25.7 Å². The van der Waals surface area contributed by atoms with Crippen molar-refractivity contribution in [1.29, 1.82) is 0 Å². The summed E-state index contributed by atoms with van der Waals surface area (Å²) in [4.78, 5) is 13.0. The third-order valence-electron chi connectivity index (χ3n) is 13.2. The van der Waals surface area contributed by atoms with Gasteiger partial charge < -0.3 is 14.9 Å². The monoisotopic (exact) mass is 474 g/mol. The molecule has 1 aliphatic heterocycles. The fourth-order valence-corrected chi connectivity index (χ4v) is 10.9. The summed E-state index contributed by atoms with van der Waals surface area (Å²) in [7, 11) is 0. The van der Waals surface area contributed by atoms with Crippen LogP contribution >= 0.6 is 0 Å². The Bertz CT molecular complexity index is 847. The van der Waals surface area contributed by atoms with Crippen molar-refractivity contribution in [3.8, 4) is 0 Å². The third kappa shape index (κ3) is 3.09. The van der Waals surface area contributed by atoms with Crippen LogP contribution in [0.1, 0.15) is 113 Å². The number of ketones is 1. The van der Waals surface area contributed by atoms with Crippen molar-refractivity contribution in [3.63, 3.8) is 0 Å². The van der Waals surface area contributed by atoms with E-state index in [1.54, 1.807) is 0 Å². The average molecular weight is 475 g/mol. The predicted molar refractivity (Wildman–Crippen MR) is 134 cm³/mol. The predicted octanol–water partition coefficient (Wildman–Crippen LogP) is 5.92. The Balaban J connectivity index is 1.45. The van der Waals surface area contributed by atoms with Crippen LogP contribution in [0.15, 0.2) is 0 Å². The van der Waals surface area contributed by atoms with Crippen molar-refractivity contribution in [2.45, 2.75) is 130 Å². The summed E-state index contributed by atoms with van der Waals surface area (Å²) in [6, 6.07) is 0. The molecule has 194 valence electrons. The Kier molecular flexibility index (Phi) is 5.59. The lowest BCUT2D eigenvalue weighted by Gasteiger charge is -2.69. The van der Waals surface area contributed by atoms with Gasteiger partial charge >= 0.3 is 0 Å². The summed E-state index contributed by atoms with van der Waals surface area (Å²) in [5.74, 6) is 2.41. The van der Waals surface area contributed by atoms with Crippen molar-refractivity contribution in [3.05, 3.63) is 0 Å². The number of rotatable bonds is 3. The molecule has 4 nitrogen and oxygen atoms in total. The van der Waals surface area contributed by atoms with Gasteiger partial charge in [-0.2, -0.15) is 0 Å². The second kappa shape index (κ2) is 7.54. The Labute approximate surface area is 207 Å². The molecule has 0 aromatic rings. The molecule has 0 spiro atoms. The first-order valence-corrected chi connectivity index (χ1v) is 14.2. The van der Waals surface area contributed by atoms with Gasteiger partial charge in [0, 0.05) is 6.42 Å². The van der Waals surface area contributed by atoms with Crippen LogP contribution < -0.4 is 0 Å². The number of hydrogen-bond donors (Lipinski definition) is 2. The maximum atomic E-state index is 13.0. The SMILES string of the molecule is CC(C)(O)[C@@H]1CC[C@@](C)([C@H]2CC[C@]3(C)[C@@H]2CC[C@@H]2[C@@]4(C)CCC(=O)[C@](C)(CO)[C@@H]4CC[C@]23C)O1. The first-order valence-electron chi connectivity index (χ1n) is 14.2. The molecule has 0 unspecified atom stereocenters. The molecule has 4 aliphatic carbocycles. The van der Waals surface area contributed by atoms with Crippen LogP contribution in [0.4, 0.5) is 0 Å². The molecular formula is C30H50O4. The normalized spacial score (nSPS) is 55.6. The second-order valence-electron chi connectivity index (χ2n) is 14.9. The lowest BCUT2D eigenvalue weighted by Crippen LogP contribution is -2.64. The van der Waals surface area contributed by atoms with E-state index >= 15 is 0 Å². The van der Waals surface area contributed by atoms with Crippen molar-refractivity contribution < 1.29 is 19.7 Å². The number of aliphatic hydroxyl groups is 2. The van der Waals surface area contributed by atoms with Gasteiger partial charge in [0.05, 0.1) is 29.3 Å². The molecular weight excluding hydrogens is 424 g/mol. The minimum absolute atomic E-state index is 0.00441. The first kappa shape index (κ1) is 25.2. The third-order valence-corrected chi connectivity index (χ3v) is 13.2. The van der Waals surface area contributed by atoms with Gasteiger partial charge in [-0.1, -0.05) is 27.7 Å². The van der Waals surface area contributed by atoms with Gasteiger partial charge in [-0.05, 0) is 118 Å². The molecule has 2 N–H and O–H groups in total. The molecule has 4 heteroatoms. The van der Waals surface area contributed by atoms with Crippen LogP contribution in [-0.4, -0.2) is 39.9 Å². The lowest BCUT2D eigenvalue weighted by atomic mass is 9.35. The molecule has 5 rings (SSSR count). The topological polar surface area (TPSA) is 66.8 Å². The van der Waals surface area contributed by atoms with Crippen molar-refractivity contribution in [2.75, 3.05) is 6.61 Å². The molecule has 0 bridgehead atoms. The Morgan fingerprint density at radius 3 is 2.15 bits per heavy atom. The van der Waals surface area contributed by atoms with E-state index in [1.807, 2.05) is 13.8 Å². The highest BCUT2D eigenvalue weighted by molar-refractivity contribution is 5.86. The zero-order chi connectivity index (χ0) is 24.9. The second-order valence-corrected chi connectivity index (χ2v) is 14.9. The van der Waals surface area contributed by atoms with E-state index in [0.29, 0.717) is 30.1 Å². The summed E-state index contributed by atoms with van der Waals surface area (Å²) >= 11 is 0. The van der Waals surface area contributed by atoms with E-state index in [1.165, 1.54) is 32.1 Å². The zero-order valence-corrected chi connectivity index (χ0v) is 22.9. The van der Waals surface area contributed by atoms with Crippen molar-refractivity contribution in [2.24, 2.45) is 45.3 Å². The number of carbonyl (C=O) groups excluding carboxylic acids is 1. The van der Waals surface area contributed by atoms with Gasteiger partial charge in [-0.25, -0.2) is 0 Å². The average Bonchev–Trinajstić information content (AvgIpc) is 3.33. The standard InChI is InChI=1S/C30H50O4/c1-25(2,33)24-13-17-30(7,34-24)20-10-15-28(5)19(20)8-9-22-26(3)14-12-23(32)27(4,18-31)21(26)11-16-29(22,28)6/h19-22,24,31,33H,8-18H2,1-7H3/t19-,20+,21-,22-,24+,26+,27-,28-,29-,30+/m1/s1. The van der Waals surface area contributed by atoms with Crippen LogP contribution in [-0.2, 0) is 9.53 Å². The van der Waals surface area contributed by atoms with E-state index in [9.17, 15) is 15.0 Å². The molecule has 4 saturated carbocycles. The summed E-state index contributed by atoms with van der Waals surface area (Å²) < 4.78 is 6.70. The van der Waals surface area contributed by atoms with Crippen LogP contribution in [0.25, 0.3) is 0 Å².